The van der Waals surface area contributed by atoms with Crippen LogP contribution < -0.4 is 10.6 Å². The first kappa shape index (κ1) is 20.2. The molecule has 5 nitrogen and oxygen atoms in total. The molecule has 0 unspecified atom stereocenters. The van der Waals surface area contributed by atoms with Crippen molar-refractivity contribution < 1.29 is 9.50 Å². The molecule has 1 fully saturated rings. The van der Waals surface area contributed by atoms with Crippen LogP contribution in [-0.2, 0) is 6.54 Å². The molecule has 0 heterocycles. The Labute approximate surface area is 155 Å². The minimum atomic E-state index is -0.410. The van der Waals surface area contributed by atoms with Crippen molar-refractivity contribution in [2.75, 3.05) is 19.7 Å². The molecule has 0 aliphatic heterocycles. The molecular formula is C20H29FN4O. The van der Waals surface area contributed by atoms with Crippen LogP contribution in [0.4, 0.5) is 4.39 Å². The van der Waals surface area contributed by atoms with E-state index in [0.29, 0.717) is 23.6 Å². The van der Waals surface area contributed by atoms with Gasteiger partial charge in [-0.3, -0.25) is 0 Å². The molecule has 0 spiro atoms. The number of nitrogens with one attached hydrogen (secondary N) is 2. The Hall–Kier alpha value is -2.13. The molecule has 1 aromatic carbocycles. The molecule has 0 aromatic heterocycles. The molecule has 0 amide bonds. The first-order chi connectivity index (χ1) is 12.6. The number of hydrogen-bond donors (Lipinski definition) is 3. The first-order valence-electron chi connectivity index (χ1n) is 9.44. The zero-order chi connectivity index (χ0) is 18.8. The normalized spacial score (nSPS) is 16.8. The lowest BCUT2D eigenvalue weighted by Crippen LogP contribution is -2.45. The smallest absolute Gasteiger partial charge is 0.191 e. The number of nitriles is 1. The number of rotatable bonds is 7. The standard InChI is InChI=1S/C20H29FN4O/c1-2-23-19(24-14-17-7-6-16(13-22)12-18(17)21)25-15-20(10-11-26)8-4-3-5-9-20/h6-7,12,26H,2-5,8-11,14-15H2,1H3,(H2,23,24,25). The van der Waals surface area contributed by atoms with Gasteiger partial charge in [0.05, 0.1) is 18.2 Å². The van der Waals surface area contributed by atoms with Crippen LogP contribution in [0.25, 0.3) is 0 Å². The third kappa shape index (κ3) is 5.70. The quantitative estimate of drug-likeness (QED) is 0.516. The lowest BCUT2D eigenvalue weighted by Gasteiger charge is -2.37. The van der Waals surface area contributed by atoms with Crippen LogP contribution in [0.1, 0.15) is 56.6 Å². The topological polar surface area (TPSA) is 80.4 Å². The van der Waals surface area contributed by atoms with Gasteiger partial charge in [-0.15, -0.1) is 0 Å². The minimum absolute atomic E-state index is 0.114. The van der Waals surface area contributed by atoms with Gasteiger partial charge in [-0.2, -0.15) is 5.26 Å². The lowest BCUT2D eigenvalue weighted by molar-refractivity contribution is 0.131. The van der Waals surface area contributed by atoms with Gasteiger partial charge in [0.2, 0.25) is 0 Å². The fraction of sp³-hybridized carbons (Fsp3) is 0.600. The fourth-order valence-electron chi connectivity index (χ4n) is 3.58. The third-order valence-electron chi connectivity index (χ3n) is 5.12. The predicted octanol–water partition coefficient (Wildman–Crippen LogP) is 3.09. The summed E-state index contributed by atoms with van der Waals surface area (Å²) in [5.74, 6) is 0.242. The van der Waals surface area contributed by atoms with Gasteiger partial charge >= 0.3 is 0 Å². The van der Waals surface area contributed by atoms with Gasteiger partial charge < -0.3 is 15.7 Å². The molecule has 0 atom stereocenters. The van der Waals surface area contributed by atoms with E-state index in [1.54, 1.807) is 12.1 Å². The number of aliphatic imine (C=N–C) groups is 1. The fourth-order valence-corrected chi connectivity index (χ4v) is 3.58. The molecule has 0 bridgehead atoms. The number of aliphatic hydroxyl groups is 1. The number of guanidine groups is 1. The van der Waals surface area contributed by atoms with Crippen molar-refractivity contribution in [3.8, 4) is 6.07 Å². The van der Waals surface area contributed by atoms with Gasteiger partial charge in [0.1, 0.15) is 5.82 Å². The van der Waals surface area contributed by atoms with Crippen LogP contribution in [0, 0.1) is 22.6 Å². The van der Waals surface area contributed by atoms with E-state index in [1.807, 2.05) is 13.0 Å². The molecule has 1 aromatic rings. The first-order valence-corrected chi connectivity index (χ1v) is 9.44. The molecule has 26 heavy (non-hydrogen) atoms. The van der Waals surface area contributed by atoms with Gasteiger partial charge in [-0.1, -0.05) is 25.3 Å². The van der Waals surface area contributed by atoms with Crippen molar-refractivity contribution >= 4 is 5.96 Å². The van der Waals surface area contributed by atoms with Crippen molar-refractivity contribution in [3.05, 3.63) is 35.1 Å². The van der Waals surface area contributed by atoms with Crippen LogP contribution in [0.2, 0.25) is 0 Å². The van der Waals surface area contributed by atoms with E-state index in [4.69, 9.17) is 5.26 Å². The highest BCUT2D eigenvalue weighted by Crippen LogP contribution is 2.38. The van der Waals surface area contributed by atoms with Gasteiger partial charge in [0, 0.05) is 25.3 Å². The molecule has 0 radical (unpaired) electrons. The summed E-state index contributed by atoms with van der Waals surface area (Å²) in [6.45, 7) is 3.87. The summed E-state index contributed by atoms with van der Waals surface area (Å²) in [6, 6.07) is 6.38. The average Bonchev–Trinajstić information content (AvgIpc) is 2.66. The largest absolute Gasteiger partial charge is 0.396 e. The van der Waals surface area contributed by atoms with E-state index >= 15 is 0 Å². The zero-order valence-electron chi connectivity index (χ0n) is 15.5. The zero-order valence-corrected chi connectivity index (χ0v) is 15.5. The Morgan fingerprint density at radius 3 is 2.69 bits per heavy atom. The van der Waals surface area contributed by atoms with E-state index in [9.17, 15) is 9.50 Å². The molecule has 2 rings (SSSR count). The van der Waals surface area contributed by atoms with Crippen molar-refractivity contribution in [2.24, 2.45) is 10.4 Å². The average molecular weight is 360 g/mol. The summed E-state index contributed by atoms with van der Waals surface area (Å²) in [5.41, 5.74) is 0.885. The minimum Gasteiger partial charge on any atom is -0.396 e. The van der Waals surface area contributed by atoms with Gasteiger partial charge in [0.25, 0.3) is 0 Å². The molecule has 0 saturated heterocycles. The second-order valence-electron chi connectivity index (χ2n) is 7.00. The maximum atomic E-state index is 14.0. The van der Waals surface area contributed by atoms with Gasteiger partial charge in [0.15, 0.2) is 5.96 Å². The highest BCUT2D eigenvalue weighted by molar-refractivity contribution is 5.79. The Bertz CT molecular complexity index is 642. The maximum Gasteiger partial charge on any atom is 0.191 e. The predicted molar refractivity (Wildman–Crippen MR) is 101 cm³/mol. The summed E-state index contributed by atoms with van der Waals surface area (Å²) in [7, 11) is 0. The SMILES string of the molecule is CCNC(=NCc1ccc(C#N)cc1F)NCC1(CCO)CCCCC1. The molecule has 3 N–H and O–H groups in total. The molecule has 1 aliphatic rings. The highest BCUT2D eigenvalue weighted by atomic mass is 19.1. The monoisotopic (exact) mass is 360 g/mol. The molecule has 142 valence electrons. The summed E-state index contributed by atoms with van der Waals surface area (Å²) in [5, 5.41) is 24.8. The van der Waals surface area contributed by atoms with E-state index < -0.39 is 5.82 Å². The van der Waals surface area contributed by atoms with Crippen LogP contribution in [-0.4, -0.2) is 30.8 Å². The van der Waals surface area contributed by atoms with E-state index in [1.165, 1.54) is 25.3 Å². The number of nitrogens with zero attached hydrogens (tertiary/aromatic N) is 2. The van der Waals surface area contributed by atoms with Crippen LogP contribution >= 0.6 is 0 Å². The summed E-state index contributed by atoms with van der Waals surface area (Å²) in [6.07, 6.45) is 6.69. The second-order valence-corrected chi connectivity index (χ2v) is 7.00. The van der Waals surface area contributed by atoms with Crippen molar-refractivity contribution in [1.82, 2.24) is 10.6 Å². The number of benzene rings is 1. The summed E-state index contributed by atoms with van der Waals surface area (Å²) < 4.78 is 14.0. The number of hydrogen-bond acceptors (Lipinski definition) is 3. The van der Waals surface area contributed by atoms with E-state index in [0.717, 1.165) is 25.8 Å². The van der Waals surface area contributed by atoms with Crippen LogP contribution in [0.15, 0.2) is 23.2 Å². The number of aliphatic hydroxyl groups excluding tert-OH is 1. The molecule has 6 heteroatoms. The Kier molecular flexibility index (Phi) is 7.86. The molecule has 1 aliphatic carbocycles. The summed E-state index contributed by atoms with van der Waals surface area (Å²) >= 11 is 0. The Morgan fingerprint density at radius 2 is 2.08 bits per heavy atom. The highest BCUT2D eigenvalue weighted by Gasteiger charge is 2.31. The summed E-state index contributed by atoms with van der Waals surface area (Å²) in [4.78, 5) is 4.48. The number of halogens is 1. The van der Waals surface area contributed by atoms with Gasteiger partial charge in [-0.05, 0) is 43.7 Å². The van der Waals surface area contributed by atoms with Crippen LogP contribution in [0.3, 0.4) is 0 Å². The molecule has 1 saturated carbocycles. The van der Waals surface area contributed by atoms with Gasteiger partial charge in [-0.25, -0.2) is 9.38 Å². The van der Waals surface area contributed by atoms with E-state index in [-0.39, 0.29) is 18.6 Å². The lowest BCUT2D eigenvalue weighted by atomic mass is 9.72. The van der Waals surface area contributed by atoms with Crippen molar-refractivity contribution in [1.29, 1.82) is 5.26 Å². The van der Waals surface area contributed by atoms with Crippen molar-refractivity contribution in [3.63, 3.8) is 0 Å². The second kappa shape index (κ2) is 10.1. The maximum absolute atomic E-state index is 14.0. The third-order valence-corrected chi connectivity index (χ3v) is 5.12. The Balaban J connectivity index is 2.03. The van der Waals surface area contributed by atoms with Crippen LogP contribution in [0.5, 0.6) is 0 Å². The Morgan fingerprint density at radius 1 is 1.31 bits per heavy atom. The molecular weight excluding hydrogens is 331 g/mol. The van der Waals surface area contributed by atoms with E-state index in [2.05, 4.69) is 15.6 Å². The van der Waals surface area contributed by atoms with Crippen molar-refractivity contribution in [2.45, 2.75) is 52.0 Å².